The van der Waals surface area contributed by atoms with Crippen LogP contribution in [-0.4, -0.2) is 24.5 Å². The summed E-state index contributed by atoms with van der Waals surface area (Å²) >= 11 is 0. The standard InChI is InChI=1S/C15H20N2O3/c1-15(9-4-3-8-13(18)17-15)14(19)16-11-6-5-7-12(10-11)20-2/h5-7,10H,3-4,8-9H2,1-2H3,(H,16,19)(H,17,18). The Balaban J connectivity index is 2.11. The molecule has 0 bridgehead atoms. The number of nitrogens with one attached hydrogen (secondary N) is 2. The van der Waals surface area contributed by atoms with Gasteiger partial charge in [-0.3, -0.25) is 9.59 Å². The average molecular weight is 276 g/mol. The third-order valence-electron chi connectivity index (χ3n) is 3.57. The Morgan fingerprint density at radius 3 is 2.95 bits per heavy atom. The first-order valence-electron chi connectivity index (χ1n) is 6.80. The predicted molar refractivity (Wildman–Crippen MR) is 76.6 cm³/mol. The van der Waals surface area contributed by atoms with Crippen LogP contribution in [0.25, 0.3) is 0 Å². The molecule has 20 heavy (non-hydrogen) atoms. The quantitative estimate of drug-likeness (QED) is 0.888. The van der Waals surface area contributed by atoms with Crippen LogP contribution in [0.1, 0.15) is 32.6 Å². The van der Waals surface area contributed by atoms with E-state index in [1.807, 2.05) is 12.1 Å². The van der Waals surface area contributed by atoms with Crippen molar-refractivity contribution in [2.45, 2.75) is 38.1 Å². The zero-order valence-electron chi connectivity index (χ0n) is 11.9. The molecule has 1 heterocycles. The van der Waals surface area contributed by atoms with E-state index in [9.17, 15) is 9.59 Å². The van der Waals surface area contributed by atoms with Crippen LogP contribution in [-0.2, 0) is 9.59 Å². The number of hydrogen-bond donors (Lipinski definition) is 2. The zero-order valence-corrected chi connectivity index (χ0v) is 11.9. The molecule has 1 fully saturated rings. The molecule has 0 spiro atoms. The maximum Gasteiger partial charge on any atom is 0.249 e. The van der Waals surface area contributed by atoms with Crippen molar-refractivity contribution in [3.8, 4) is 5.75 Å². The fourth-order valence-corrected chi connectivity index (χ4v) is 2.34. The molecule has 1 aliphatic heterocycles. The van der Waals surface area contributed by atoms with Gasteiger partial charge in [0, 0.05) is 18.2 Å². The fourth-order valence-electron chi connectivity index (χ4n) is 2.34. The maximum atomic E-state index is 12.4. The van der Waals surface area contributed by atoms with Crippen LogP contribution >= 0.6 is 0 Å². The highest BCUT2D eigenvalue weighted by Crippen LogP contribution is 2.23. The Kier molecular flexibility index (Phi) is 4.27. The third kappa shape index (κ3) is 3.29. The number of hydrogen-bond acceptors (Lipinski definition) is 3. The summed E-state index contributed by atoms with van der Waals surface area (Å²) < 4.78 is 5.12. The van der Waals surface area contributed by atoms with Crippen LogP contribution in [0.2, 0.25) is 0 Å². The molecule has 5 heteroatoms. The number of methoxy groups -OCH3 is 1. The number of amides is 2. The molecule has 2 N–H and O–H groups in total. The number of ether oxygens (including phenoxy) is 1. The molecule has 108 valence electrons. The summed E-state index contributed by atoms with van der Waals surface area (Å²) in [5.41, 5.74) is -0.189. The molecule has 0 aromatic heterocycles. The second-order valence-electron chi connectivity index (χ2n) is 5.27. The van der Waals surface area contributed by atoms with Crippen molar-refractivity contribution < 1.29 is 14.3 Å². The first-order valence-corrected chi connectivity index (χ1v) is 6.80. The minimum atomic E-state index is -0.851. The second-order valence-corrected chi connectivity index (χ2v) is 5.27. The minimum Gasteiger partial charge on any atom is -0.497 e. The highest BCUT2D eigenvalue weighted by atomic mass is 16.5. The lowest BCUT2D eigenvalue weighted by atomic mass is 9.95. The van der Waals surface area contributed by atoms with Gasteiger partial charge in [0.2, 0.25) is 11.8 Å². The van der Waals surface area contributed by atoms with Crippen molar-refractivity contribution >= 4 is 17.5 Å². The molecule has 5 nitrogen and oxygen atoms in total. The Morgan fingerprint density at radius 1 is 1.40 bits per heavy atom. The average Bonchev–Trinajstić information content (AvgIpc) is 2.61. The number of anilines is 1. The van der Waals surface area contributed by atoms with Gasteiger partial charge >= 0.3 is 0 Å². The second kappa shape index (κ2) is 5.94. The maximum absolute atomic E-state index is 12.4. The Labute approximate surface area is 118 Å². The van der Waals surface area contributed by atoms with Gasteiger partial charge < -0.3 is 15.4 Å². The molecular weight excluding hydrogens is 256 g/mol. The molecule has 1 unspecified atom stereocenters. The summed E-state index contributed by atoms with van der Waals surface area (Å²) in [4.78, 5) is 24.1. The summed E-state index contributed by atoms with van der Waals surface area (Å²) in [6, 6.07) is 7.16. The monoisotopic (exact) mass is 276 g/mol. The largest absolute Gasteiger partial charge is 0.497 e. The first-order chi connectivity index (χ1) is 9.53. The third-order valence-corrected chi connectivity index (χ3v) is 3.57. The van der Waals surface area contributed by atoms with Gasteiger partial charge in [-0.05, 0) is 31.9 Å². The lowest BCUT2D eigenvalue weighted by Gasteiger charge is -2.27. The lowest BCUT2D eigenvalue weighted by molar-refractivity contribution is -0.129. The SMILES string of the molecule is COc1cccc(NC(=O)C2(C)CCCCC(=O)N2)c1. The van der Waals surface area contributed by atoms with Gasteiger partial charge in [-0.2, -0.15) is 0 Å². The summed E-state index contributed by atoms with van der Waals surface area (Å²) in [5.74, 6) is 0.421. The van der Waals surface area contributed by atoms with E-state index in [2.05, 4.69) is 10.6 Å². The van der Waals surface area contributed by atoms with E-state index in [1.54, 1.807) is 26.2 Å². The van der Waals surface area contributed by atoms with Crippen molar-refractivity contribution in [1.29, 1.82) is 0 Å². The van der Waals surface area contributed by atoms with Crippen LogP contribution in [0.4, 0.5) is 5.69 Å². The van der Waals surface area contributed by atoms with Crippen LogP contribution in [0.5, 0.6) is 5.75 Å². The van der Waals surface area contributed by atoms with E-state index >= 15 is 0 Å². The van der Waals surface area contributed by atoms with E-state index < -0.39 is 5.54 Å². The molecule has 1 aromatic rings. The van der Waals surface area contributed by atoms with Gasteiger partial charge in [0.1, 0.15) is 11.3 Å². The van der Waals surface area contributed by atoms with Crippen LogP contribution in [0.15, 0.2) is 24.3 Å². The molecule has 1 atom stereocenters. The predicted octanol–water partition coefficient (Wildman–Crippen LogP) is 2.08. The van der Waals surface area contributed by atoms with Gasteiger partial charge in [0.25, 0.3) is 0 Å². The molecule has 0 saturated carbocycles. The Bertz CT molecular complexity index is 516. The fraction of sp³-hybridized carbons (Fsp3) is 0.467. The van der Waals surface area contributed by atoms with E-state index in [4.69, 9.17) is 4.74 Å². The lowest BCUT2D eigenvalue weighted by Crippen LogP contribution is -2.53. The molecule has 1 aliphatic rings. The van der Waals surface area contributed by atoms with Crippen molar-refractivity contribution in [3.63, 3.8) is 0 Å². The van der Waals surface area contributed by atoms with Crippen molar-refractivity contribution in [1.82, 2.24) is 5.32 Å². The molecule has 2 amide bonds. The van der Waals surface area contributed by atoms with Gasteiger partial charge in [-0.15, -0.1) is 0 Å². The van der Waals surface area contributed by atoms with Gasteiger partial charge in [0.15, 0.2) is 0 Å². The molecule has 0 aliphatic carbocycles. The van der Waals surface area contributed by atoms with Gasteiger partial charge in [-0.1, -0.05) is 12.5 Å². The normalized spacial score (nSPS) is 22.6. The molecule has 0 radical (unpaired) electrons. The van der Waals surface area contributed by atoms with E-state index in [-0.39, 0.29) is 11.8 Å². The highest BCUT2D eigenvalue weighted by molar-refractivity contribution is 6.00. The summed E-state index contributed by atoms with van der Waals surface area (Å²) in [7, 11) is 1.58. The number of benzene rings is 1. The molecule has 1 saturated heterocycles. The van der Waals surface area contributed by atoms with E-state index in [0.717, 1.165) is 12.8 Å². The van der Waals surface area contributed by atoms with E-state index in [1.165, 1.54) is 0 Å². The number of carbonyl (C=O) groups excluding carboxylic acids is 2. The van der Waals surface area contributed by atoms with Crippen molar-refractivity contribution in [3.05, 3.63) is 24.3 Å². The topological polar surface area (TPSA) is 67.4 Å². The first kappa shape index (κ1) is 14.4. The summed E-state index contributed by atoms with van der Waals surface area (Å²) in [6.07, 6.45) is 2.82. The molecule has 1 aromatic carbocycles. The summed E-state index contributed by atoms with van der Waals surface area (Å²) in [5, 5.41) is 5.66. The highest BCUT2D eigenvalue weighted by Gasteiger charge is 2.35. The molecular formula is C15H20N2O3. The van der Waals surface area contributed by atoms with Crippen LogP contribution in [0.3, 0.4) is 0 Å². The van der Waals surface area contributed by atoms with Crippen molar-refractivity contribution in [2.24, 2.45) is 0 Å². The minimum absolute atomic E-state index is 0.0641. The van der Waals surface area contributed by atoms with Crippen LogP contribution < -0.4 is 15.4 Å². The van der Waals surface area contributed by atoms with Gasteiger partial charge in [0.05, 0.1) is 7.11 Å². The Morgan fingerprint density at radius 2 is 2.20 bits per heavy atom. The number of rotatable bonds is 3. The van der Waals surface area contributed by atoms with Gasteiger partial charge in [-0.25, -0.2) is 0 Å². The Hall–Kier alpha value is -2.04. The summed E-state index contributed by atoms with van der Waals surface area (Å²) in [6.45, 7) is 1.77. The number of carbonyl (C=O) groups is 2. The van der Waals surface area contributed by atoms with E-state index in [0.29, 0.717) is 24.3 Å². The molecule has 2 rings (SSSR count). The zero-order chi connectivity index (χ0) is 14.6. The smallest absolute Gasteiger partial charge is 0.249 e. The van der Waals surface area contributed by atoms with Crippen molar-refractivity contribution in [2.75, 3.05) is 12.4 Å². The van der Waals surface area contributed by atoms with Crippen LogP contribution in [0, 0.1) is 0 Å².